The summed E-state index contributed by atoms with van der Waals surface area (Å²) in [4.78, 5) is 45.4. The van der Waals surface area contributed by atoms with E-state index in [-0.39, 0.29) is 17.9 Å². The molecule has 0 bridgehead atoms. The molecule has 0 aliphatic carbocycles. The number of esters is 1. The van der Waals surface area contributed by atoms with Gasteiger partial charge in [-0.1, -0.05) is 18.2 Å². The van der Waals surface area contributed by atoms with Crippen molar-refractivity contribution in [1.82, 2.24) is 0 Å². The molecule has 0 aliphatic rings. The maximum Gasteiger partial charge on any atom is 0.343 e. The van der Waals surface area contributed by atoms with Crippen LogP contribution in [0.2, 0.25) is 0 Å². The number of nitro groups is 1. The van der Waals surface area contributed by atoms with Crippen molar-refractivity contribution in [1.29, 1.82) is 0 Å². The van der Waals surface area contributed by atoms with Gasteiger partial charge in [-0.05, 0) is 12.1 Å². The van der Waals surface area contributed by atoms with Gasteiger partial charge in [0.2, 0.25) is 5.91 Å². The number of nitro benzene ring substituents is 1. The minimum atomic E-state index is -0.614. The SMILES string of the molecule is COC(=O)COc1cccc(NC(=O)CC(=O)c2cccc([N+](=O)[O-])c2)c1. The Balaban J connectivity index is 1.97. The number of hydrogen-bond donors (Lipinski definition) is 1. The number of anilines is 1. The summed E-state index contributed by atoms with van der Waals surface area (Å²) in [6, 6.07) is 11.4. The number of ketones is 1. The Morgan fingerprint density at radius 3 is 2.56 bits per heavy atom. The Morgan fingerprint density at radius 2 is 1.85 bits per heavy atom. The number of carbonyl (C=O) groups is 3. The molecule has 0 saturated carbocycles. The molecule has 0 spiro atoms. The van der Waals surface area contributed by atoms with Crippen molar-refractivity contribution in [2.75, 3.05) is 19.0 Å². The van der Waals surface area contributed by atoms with Crippen LogP contribution in [-0.2, 0) is 14.3 Å². The molecular formula is C18H16N2O7. The van der Waals surface area contributed by atoms with Gasteiger partial charge in [0, 0.05) is 29.4 Å². The van der Waals surface area contributed by atoms with Gasteiger partial charge in [-0.15, -0.1) is 0 Å². The summed E-state index contributed by atoms with van der Waals surface area (Å²) >= 11 is 0. The summed E-state index contributed by atoms with van der Waals surface area (Å²) in [7, 11) is 1.24. The summed E-state index contributed by atoms with van der Waals surface area (Å²) in [6.07, 6.45) is -0.478. The minimum Gasteiger partial charge on any atom is -0.482 e. The van der Waals surface area contributed by atoms with Crippen LogP contribution in [0.15, 0.2) is 48.5 Å². The number of carbonyl (C=O) groups excluding carboxylic acids is 3. The molecule has 0 heterocycles. The maximum atomic E-state index is 12.1. The highest BCUT2D eigenvalue weighted by Gasteiger charge is 2.15. The van der Waals surface area contributed by atoms with Crippen molar-refractivity contribution >= 4 is 29.0 Å². The quantitative estimate of drug-likeness (QED) is 0.248. The Kier molecular flexibility index (Phi) is 6.59. The monoisotopic (exact) mass is 372 g/mol. The fourth-order valence-corrected chi connectivity index (χ4v) is 2.11. The zero-order valence-electron chi connectivity index (χ0n) is 14.3. The van der Waals surface area contributed by atoms with Crippen molar-refractivity contribution in [2.24, 2.45) is 0 Å². The van der Waals surface area contributed by atoms with Crippen LogP contribution in [-0.4, -0.2) is 36.3 Å². The van der Waals surface area contributed by atoms with Gasteiger partial charge >= 0.3 is 5.97 Å². The van der Waals surface area contributed by atoms with Crippen molar-refractivity contribution in [3.05, 3.63) is 64.2 Å². The first-order valence-electron chi connectivity index (χ1n) is 7.76. The number of methoxy groups -OCH3 is 1. The van der Waals surface area contributed by atoms with E-state index in [1.807, 2.05) is 0 Å². The van der Waals surface area contributed by atoms with Crippen LogP contribution in [0.5, 0.6) is 5.75 Å². The predicted molar refractivity (Wildman–Crippen MR) is 94.6 cm³/mol. The number of Topliss-reactive ketones (excluding diaryl/α,β-unsaturated/α-hetero) is 1. The molecule has 9 nitrogen and oxygen atoms in total. The van der Waals surface area contributed by atoms with Gasteiger partial charge in [-0.2, -0.15) is 0 Å². The second-order valence-electron chi connectivity index (χ2n) is 5.35. The number of benzene rings is 2. The van der Waals surface area contributed by atoms with E-state index < -0.39 is 29.0 Å². The van der Waals surface area contributed by atoms with Crippen molar-refractivity contribution < 1.29 is 28.8 Å². The number of nitrogens with zero attached hydrogens (tertiary/aromatic N) is 1. The molecule has 9 heteroatoms. The summed E-state index contributed by atoms with van der Waals surface area (Å²) in [6.45, 7) is -0.279. The molecular weight excluding hydrogens is 356 g/mol. The number of rotatable bonds is 8. The Hall–Kier alpha value is -3.75. The Bertz CT molecular complexity index is 880. The van der Waals surface area contributed by atoms with E-state index in [9.17, 15) is 24.5 Å². The molecule has 2 aromatic carbocycles. The fraction of sp³-hybridized carbons (Fsp3) is 0.167. The van der Waals surface area contributed by atoms with Crippen LogP contribution in [0.25, 0.3) is 0 Å². The molecule has 140 valence electrons. The van der Waals surface area contributed by atoms with E-state index in [0.29, 0.717) is 11.4 Å². The molecule has 1 amide bonds. The van der Waals surface area contributed by atoms with E-state index in [1.54, 1.807) is 18.2 Å². The standard InChI is InChI=1S/C18H16N2O7/c1-26-18(23)11-27-15-7-3-5-13(9-15)19-17(22)10-16(21)12-4-2-6-14(8-12)20(24)25/h2-9H,10-11H2,1H3,(H,19,22). The van der Waals surface area contributed by atoms with Crippen LogP contribution in [0.1, 0.15) is 16.8 Å². The lowest BCUT2D eigenvalue weighted by Crippen LogP contribution is -2.17. The molecule has 0 radical (unpaired) electrons. The smallest absolute Gasteiger partial charge is 0.343 e. The number of nitrogens with one attached hydrogen (secondary N) is 1. The van der Waals surface area contributed by atoms with Crippen LogP contribution >= 0.6 is 0 Å². The van der Waals surface area contributed by atoms with E-state index in [1.165, 1.54) is 31.4 Å². The minimum absolute atomic E-state index is 0.0783. The molecule has 1 N–H and O–H groups in total. The first-order chi connectivity index (χ1) is 12.9. The number of non-ortho nitro benzene ring substituents is 1. The summed E-state index contributed by atoms with van der Waals surface area (Å²) in [5.74, 6) is -1.35. The Morgan fingerprint density at radius 1 is 1.11 bits per heavy atom. The van der Waals surface area contributed by atoms with Gasteiger partial charge in [0.15, 0.2) is 12.4 Å². The maximum absolute atomic E-state index is 12.1. The van der Waals surface area contributed by atoms with E-state index >= 15 is 0 Å². The van der Waals surface area contributed by atoms with Gasteiger partial charge < -0.3 is 14.8 Å². The number of amides is 1. The molecule has 0 aromatic heterocycles. The lowest BCUT2D eigenvalue weighted by Gasteiger charge is -2.08. The van der Waals surface area contributed by atoms with Crippen LogP contribution in [0.3, 0.4) is 0 Å². The third-order valence-electron chi connectivity index (χ3n) is 3.40. The summed E-state index contributed by atoms with van der Waals surface area (Å²) < 4.78 is 9.67. The molecule has 0 saturated heterocycles. The Labute approximate surface area is 154 Å². The lowest BCUT2D eigenvalue weighted by atomic mass is 10.1. The zero-order chi connectivity index (χ0) is 19.8. The lowest BCUT2D eigenvalue weighted by molar-refractivity contribution is -0.384. The molecule has 27 heavy (non-hydrogen) atoms. The van der Waals surface area contributed by atoms with Gasteiger partial charge in [-0.3, -0.25) is 19.7 Å². The molecule has 0 fully saturated rings. The first-order valence-corrected chi connectivity index (χ1v) is 7.76. The third kappa shape index (κ3) is 5.92. The largest absolute Gasteiger partial charge is 0.482 e. The molecule has 0 unspecified atom stereocenters. The van der Waals surface area contributed by atoms with Gasteiger partial charge in [0.25, 0.3) is 5.69 Å². The third-order valence-corrected chi connectivity index (χ3v) is 3.40. The van der Waals surface area contributed by atoms with E-state index in [4.69, 9.17) is 4.74 Å². The molecule has 0 aliphatic heterocycles. The predicted octanol–water partition coefficient (Wildman–Crippen LogP) is 2.36. The second kappa shape index (κ2) is 9.09. The van der Waals surface area contributed by atoms with E-state index in [0.717, 1.165) is 6.07 Å². The van der Waals surface area contributed by atoms with Gasteiger partial charge in [-0.25, -0.2) is 4.79 Å². The number of ether oxygens (including phenoxy) is 2. The fourth-order valence-electron chi connectivity index (χ4n) is 2.11. The van der Waals surface area contributed by atoms with E-state index in [2.05, 4.69) is 10.1 Å². The number of hydrogen-bond acceptors (Lipinski definition) is 7. The molecule has 0 atom stereocenters. The topological polar surface area (TPSA) is 125 Å². The normalized spacial score (nSPS) is 9.96. The zero-order valence-corrected chi connectivity index (χ0v) is 14.3. The van der Waals surface area contributed by atoms with Gasteiger partial charge in [0.05, 0.1) is 18.5 Å². The van der Waals surface area contributed by atoms with Crippen LogP contribution in [0, 0.1) is 10.1 Å². The average molecular weight is 372 g/mol. The summed E-state index contributed by atoms with van der Waals surface area (Å²) in [5, 5.41) is 13.3. The highest BCUT2D eigenvalue weighted by atomic mass is 16.6. The summed E-state index contributed by atoms with van der Waals surface area (Å²) in [5.41, 5.74) is 0.223. The highest BCUT2D eigenvalue weighted by molar-refractivity contribution is 6.11. The highest BCUT2D eigenvalue weighted by Crippen LogP contribution is 2.18. The van der Waals surface area contributed by atoms with Crippen molar-refractivity contribution in [3.8, 4) is 5.75 Å². The van der Waals surface area contributed by atoms with Gasteiger partial charge in [0.1, 0.15) is 5.75 Å². The first kappa shape index (κ1) is 19.6. The van der Waals surface area contributed by atoms with Crippen molar-refractivity contribution in [2.45, 2.75) is 6.42 Å². The molecule has 2 rings (SSSR count). The second-order valence-corrected chi connectivity index (χ2v) is 5.35. The molecule has 2 aromatic rings. The van der Waals surface area contributed by atoms with Crippen molar-refractivity contribution in [3.63, 3.8) is 0 Å². The van der Waals surface area contributed by atoms with Crippen LogP contribution < -0.4 is 10.1 Å². The van der Waals surface area contributed by atoms with Crippen LogP contribution in [0.4, 0.5) is 11.4 Å². The average Bonchev–Trinajstić information content (AvgIpc) is 2.66.